The number of nitrogens with one attached hydrogen (secondary N) is 1. The van der Waals surface area contributed by atoms with E-state index in [9.17, 15) is 0 Å². The number of halogens is 1. The molecule has 3 rings (SSSR count). The van der Waals surface area contributed by atoms with Gasteiger partial charge in [-0.05, 0) is 36.9 Å². The Labute approximate surface area is 138 Å². The van der Waals surface area contributed by atoms with E-state index in [-0.39, 0.29) is 0 Å². The van der Waals surface area contributed by atoms with Crippen molar-refractivity contribution in [3.05, 3.63) is 58.1 Å². The summed E-state index contributed by atoms with van der Waals surface area (Å²) in [5.41, 5.74) is 2.61. The molecule has 110 valence electrons. The first-order valence-electron chi connectivity index (χ1n) is 7.05. The average molecular weight is 364 g/mol. The topological polar surface area (TPSA) is 21.3 Å². The summed E-state index contributed by atoms with van der Waals surface area (Å²) < 4.78 is 7.20. The van der Waals surface area contributed by atoms with Crippen molar-refractivity contribution in [1.82, 2.24) is 5.32 Å². The molecule has 2 nitrogen and oxygen atoms in total. The Balaban J connectivity index is 1.71. The van der Waals surface area contributed by atoms with Crippen molar-refractivity contribution in [2.75, 3.05) is 19.4 Å². The first-order chi connectivity index (χ1) is 10.3. The van der Waals surface area contributed by atoms with Gasteiger partial charge in [0.05, 0.1) is 6.61 Å². The summed E-state index contributed by atoms with van der Waals surface area (Å²) in [7, 11) is 1.95. The van der Waals surface area contributed by atoms with Crippen LogP contribution in [0.1, 0.15) is 17.0 Å². The molecule has 0 amide bonds. The monoisotopic (exact) mass is 363 g/mol. The summed E-state index contributed by atoms with van der Waals surface area (Å²) in [6, 6.07) is 14.8. The summed E-state index contributed by atoms with van der Waals surface area (Å²) >= 11 is 5.45. The first-order valence-corrected chi connectivity index (χ1v) is 8.83. The molecule has 1 heterocycles. The number of fused-ring (bicyclic) bond motifs is 1. The van der Waals surface area contributed by atoms with E-state index in [0.29, 0.717) is 5.92 Å². The Bertz CT molecular complexity index is 632. The zero-order chi connectivity index (χ0) is 14.7. The molecule has 1 unspecified atom stereocenters. The molecule has 1 atom stereocenters. The lowest BCUT2D eigenvalue weighted by Crippen LogP contribution is -2.12. The number of thioether (sulfide) groups is 1. The molecule has 2 aromatic rings. The minimum atomic E-state index is 0.484. The maximum atomic E-state index is 6.11. The molecule has 1 aliphatic rings. The quantitative estimate of drug-likeness (QED) is 0.848. The predicted molar refractivity (Wildman–Crippen MR) is 92.3 cm³/mol. The van der Waals surface area contributed by atoms with Gasteiger partial charge in [0.1, 0.15) is 5.75 Å². The standard InChI is InChI=1S/C17H18BrNOS/c1-19-9-12-8-14(18)6-7-16(12)20-10-13-11-21-17-5-3-2-4-15(13)17/h2-8,13,19H,9-11H2,1H3. The van der Waals surface area contributed by atoms with Crippen LogP contribution in [0, 0.1) is 0 Å². The van der Waals surface area contributed by atoms with Gasteiger partial charge in [0.2, 0.25) is 0 Å². The van der Waals surface area contributed by atoms with Crippen LogP contribution in [0.15, 0.2) is 51.8 Å². The van der Waals surface area contributed by atoms with E-state index in [2.05, 4.69) is 51.6 Å². The van der Waals surface area contributed by atoms with Crippen molar-refractivity contribution < 1.29 is 4.74 Å². The second-order valence-corrected chi connectivity index (χ2v) is 7.12. The molecule has 0 spiro atoms. The lowest BCUT2D eigenvalue weighted by atomic mass is 10.0. The van der Waals surface area contributed by atoms with E-state index in [0.717, 1.165) is 29.1 Å². The van der Waals surface area contributed by atoms with E-state index in [1.807, 2.05) is 30.9 Å². The first kappa shape index (κ1) is 14.9. The van der Waals surface area contributed by atoms with Crippen LogP contribution in [-0.2, 0) is 6.54 Å². The van der Waals surface area contributed by atoms with Crippen LogP contribution in [-0.4, -0.2) is 19.4 Å². The summed E-state index contributed by atoms with van der Waals surface area (Å²) in [4.78, 5) is 1.40. The molecule has 0 radical (unpaired) electrons. The lowest BCUT2D eigenvalue weighted by Gasteiger charge is -2.15. The van der Waals surface area contributed by atoms with Crippen LogP contribution in [0.25, 0.3) is 0 Å². The molecule has 0 bridgehead atoms. The molecular formula is C17H18BrNOS. The molecule has 21 heavy (non-hydrogen) atoms. The number of rotatable bonds is 5. The normalized spacial score (nSPS) is 16.8. The molecule has 0 saturated carbocycles. The smallest absolute Gasteiger partial charge is 0.123 e. The Kier molecular flexibility index (Phi) is 4.88. The Morgan fingerprint density at radius 1 is 1.29 bits per heavy atom. The average Bonchev–Trinajstić information content (AvgIpc) is 2.90. The highest BCUT2D eigenvalue weighted by Crippen LogP contribution is 2.39. The summed E-state index contributed by atoms with van der Waals surface area (Å²) in [5.74, 6) is 2.57. The van der Waals surface area contributed by atoms with E-state index >= 15 is 0 Å². The van der Waals surface area contributed by atoms with Crippen LogP contribution in [0.5, 0.6) is 5.75 Å². The van der Waals surface area contributed by atoms with Crippen LogP contribution in [0.4, 0.5) is 0 Å². The van der Waals surface area contributed by atoms with Gasteiger partial charge in [-0.3, -0.25) is 0 Å². The van der Waals surface area contributed by atoms with Crippen molar-refractivity contribution in [2.45, 2.75) is 17.4 Å². The second-order valence-electron chi connectivity index (χ2n) is 5.14. The van der Waals surface area contributed by atoms with E-state index in [1.54, 1.807) is 0 Å². The van der Waals surface area contributed by atoms with Crippen LogP contribution >= 0.6 is 27.7 Å². The molecule has 0 saturated heterocycles. The number of hydrogen-bond donors (Lipinski definition) is 1. The van der Waals surface area contributed by atoms with Gasteiger partial charge in [0.25, 0.3) is 0 Å². The van der Waals surface area contributed by atoms with Crippen molar-refractivity contribution in [3.8, 4) is 5.75 Å². The Hall–Kier alpha value is -0.970. The van der Waals surface area contributed by atoms with Crippen molar-refractivity contribution in [3.63, 3.8) is 0 Å². The maximum Gasteiger partial charge on any atom is 0.123 e. The van der Waals surface area contributed by atoms with Crippen molar-refractivity contribution in [1.29, 1.82) is 0 Å². The fourth-order valence-corrected chi connectivity index (χ4v) is 4.22. The van der Waals surface area contributed by atoms with Crippen LogP contribution < -0.4 is 10.1 Å². The van der Waals surface area contributed by atoms with Crippen molar-refractivity contribution in [2.24, 2.45) is 0 Å². The molecule has 2 aromatic carbocycles. The van der Waals surface area contributed by atoms with E-state index < -0.39 is 0 Å². The highest BCUT2D eigenvalue weighted by atomic mass is 79.9. The van der Waals surface area contributed by atoms with Gasteiger partial charge in [-0.25, -0.2) is 0 Å². The minimum Gasteiger partial charge on any atom is -0.493 e. The molecular weight excluding hydrogens is 346 g/mol. The lowest BCUT2D eigenvalue weighted by molar-refractivity contribution is 0.294. The summed E-state index contributed by atoms with van der Waals surface area (Å²) in [5, 5.41) is 3.19. The highest BCUT2D eigenvalue weighted by molar-refractivity contribution is 9.10. The van der Waals surface area contributed by atoms with Crippen molar-refractivity contribution >= 4 is 27.7 Å². The zero-order valence-electron chi connectivity index (χ0n) is 11.9. The predicted octanol–water partition coefficient (Wildman–Crippen LogP) is 4.44. The minimum absolute atomic E-state index is 0.484. The maximum absolute atomic E-state index is 6.11. The summed E-state index contributed by atoms with van der Waals surface area (Å²) in [6.45, 7) is 1.55. The van der Waals surface area contributed by atoms with Gasteiger partial charge in [-0.2, -0.15) is 0 Å². The molecule has 1 aliphatic heterocycles. The van der Waals surface area contributed by atoms with Gasteiger partial charge >= 0.3 is 0 Å². The van der Waals surface area contributed by atoms with Gasteiger partial charge in [-0.15, -0.1) is 11.8 Å². The zero-order valence-corrected chi connectivity index (χ0v) is 14.3. The molecule has 1 N–H and O–H groups in total. The second kappa shape index (κ2) is 6.86. The molecule has 0 aliphatic carbocycles. The third-order valence-corrected chi connectivity index (χ3v) is 5.37. The number of benzene rings is 2. The fraction of sp³-hybridized carbons (Fsp3) is 0.294. The van der Waals surface area contributed by atoms with E-state index in [4.69, 9.17) is 4.74 Å². The van der Waals surface area contributed by atoms with E-state index in [1.165, 1.54) is 16.0 Å². The van der Waals surface area contributed by atoms with Gasteiger partial charge in [0, 0.05) is 33.1 Å². The Morgan fingerprint density at radius 3 is 3.00 bits per heavy atom. The molecule has 0 fully saturated rings. The fourth-order valence-electron chi connectivity index (χ4n) is 2.58. The molecule has 4 heteroatoms. The highest BCUT2D eigenvalue weighted by Gasteiger charge is 2.23. The number of hydrogen-bond acceptors (Lipinski definition) is 3. The SMILES string of the molecule is CNCc1cc(Br)ccc1OCC1CSc2ccccc21. The summed E-state index contributed by atoms with van der Waals surface area (Å²) in [6.07, 6.45) is 0. The third-order valence-electron chi connectivity index (χ3n) is 3.63. The largest absolute Gasteiger partial charge is 0.493 e. The van der Waals surface area contributed by atoms with Crippen LogP contribution in [0.3, 0.4) is 0 Å². The van der Waals surface area contributed by atoms with Gasteiger partial charge in [-0.1, -0.05) is 34.1 Å². The van der Waals surface area contributed by atoms with Gasteiger partial charge in [0.15, 0.2) is 0 Å². The number of ether oxygens (including phenoxy) is 1. The van der Waals surface area contributed by atoms with Gasteiger partial charge < -0.3 is 10.1 Å². The van der Waals surface area contributed by atoms with Crippen LogP contribution in [0.2, 0.25) is 0 Å². The molecule has 0 aromatic heterocycles. The third kappa shape index (κ3) is 3.44. The Morgan fingerprint density at radius 2 is 2.14 bits per heavy atom.